The lowest BCUT2D eigenvalue weighted by molar-refractivity contribution is -0.115. The lowest BCUT2D eigenvalue weighted by atomic mass is 10.2. The van der Waals surface area contributed by atoms with Crippen LogP contribution in [0.5, 0.6) is 0 Å². The van der Waals surface area contributed by atoms with Gasteiger partial charge in [0.15, 0.2) is 0 Å². The highest BCUT2D eigenvalue weighted by Crippen LogP contribution is 2.14. The van der Waals surface area contributed by atoms with Crippen molar-refractivity contribution in [2.75, 3.05) is 22.9 Å². The number of anilines is 2. The van der Waals surface area contributed by atoms with Gasteiger partial charge in [-0.1, -0.05) is 6.07 Å². The van der Waals surface area contributed by atoms with Crippen molar-refractivity contribution in [3.63, 3.8) is 0 Å². The molecule has 1 aromatic rings. The van der Waals surface area contributed by atoms with Crippen molar-refractivity contribution in [3.8, 4) is 0 Å². The van der Waals surface area contributed by atoms with Crippen molar-refractivity contribution in [2.45, 2.75) is 13.8 Å². The number of hydrogen-bond donors (Lipinski definition) is 3. The maximum Gasteiger partial charge on any atom is 0.239 e. The highest BCUT2D eigenvalue weighted by molar-refractivity contribution is 7.89. The standard InChI is InChI=1S/C12H17N3O4S/c1-3-20(18,19)13-8-12(17)15-11-6-4-5-10(7-11)14-9(2)16/h4-7,13H,3,8H2,1-2H3,(H,14,16)(H,15,17). The zero-order valence-electron chi connectivity index (χ0n) is 11.3. The Morgan fingerprint density at radius 2 is 1.75 bits per heavy atom. The Labute approximate surface area is 117 Å². The molecule has 8 heteroatoms. The van der Waals surface area contributed by atoms with Crippen molar-refractivity contribution >= 4 is 33.2 Å². The van der Waals surface area contributed by atoms with Crippen LogP contribution in [0.3, 0.4) is 0 Å². The number of carbonyl (C=O) groups excluding carboxylic acids is 2. The van der Waals surface area contributed by atoms with E-state index in [1.165, 1.54) is 13.8 Å². The molecule has 0 fully saturated rings. The molecule has 0 radical (unpaired) electrons. The largest absolute Gasteiger partial charge is 0.326 e. The molecule has 0 aliphatic heterocycles. The van der Waals surface area contributed by atoms with Gasteiger partial charge < -0.3 is 10.6 Å². The van der Waals surface area contributed by atoms with Crippen LogP contribution in [-0.2, 0) is 19.6 Å². The Kier molecular flexibility index (Phi) is 5.66. The first-order chi connectivity index (χ1) is 9.32. The molecule has 2 amide bonds. The van der Waals surface area contributed by atoms with E-state index in [4.69, 9.17) is 0 Å². The monoisotopic (exact) mass is 299 g/mol. The molecule has 0 bridgehead atoms. The molecule has 0 aromatic heterocycles. The molecule has 20 heavy (non-hydrogen) atoms. The molecule has 0 spiro atoms. The summed E-state index contributed by atoms with van der Waals surface area (Å²) in [6.45, 7) is 2.53. The topological polar surface area (TPSA) is 104 Å². The Balaban J connectivity index is 2.60. The van der Waals surface area contributed by atoms with Gasteiger partial charge in [-0.3, -0.25) is 9.59 Å². The minimum absolute atomic E-state index is 0.0850. The number of sulfonamides is 1. The highest BCUT2D eigenvalue weighted by atomic mass is 32.2. The van der Waals surface area contributed by atoms with E-state index >= 15 is 0 Å². The Morgan fingerprint density at radius 1 is 1.15 bits per heavy atom. The second kappa shape index (κ2) is 7.01. The van der Waals surface area contributed by atoms with Crippen molar-refractivity contribution < 1.29 is 18.0 Å². The van der Waals surface area contributed by atoms with Crippen LogP contribution >= 0.6 is 0 Å². The third-order valence-corrected chi connectivity index (χ3v) is 3.64. The minimum atomic E-state index is -3.40. The third kappa shape index (κ3) is 5.81. The van der Waals surface area contributed by atoms with Gasteiger partial charge in [-0.2, -0.15) is 0 Å². The predicted molar refractivity (Wildman–Crippen MR) is 76.8 cm³/mol. The van der Waals surface area contributed by atoms with Gasteiger partial charge in [0.2, 0.25) is 21.8 Å². The van der Waals surface area contributed by atoms with Crippen molar-refractivity contribution in [3.05, 3.63) is 24.3 Å². The van der Waals surface area contributed by atoms with Crippen LogP contribution in [0, 0.1) is 0 Å². The van der Waals surface area contributed by atoms with E-state index in [9.17, 15) is 18.0 Å². The fraction of sp³-hybridized carbons (Fsp3) is 0.333. The number of carbonyl (C=O) groups is 2. The average Bonchev–Trinajstić information content (AvgIpc) is 2.36. The van der Waals surface area contributed by atoms with Gasteiger partial charge >= 0.3 is 0 Å². The van der Waals surface area contributed by atoms with Crippen molar-refractivity contribution in [1.29, 1.82) is 0 Å². The Hall–Kier alpha value is -1.93. The summed E-state index contributed by atoms with van der Waals surface area (Å²) in [7, 11) is -3.40. The molecule has 0 saturated heterocycles. The Morgan fingerprint density at radius 3 is 2.30 bits per heavy atom. The molecule has 110 valence electrons. The van der Waals surface area contributed by atoms with Crippen LogP contribution in [0.15, 0.2) is 24.3 Å². The van der Waals surface area contributed by atoms with Gasteiger partial charge in [-0.25, -0.2) is 13.1 Å². The number of rotatable bonds is 6. The molecule has 0 aliphatic rings. The Bertz CT molecular complexity index is 598. The lowest BCUT2D eigenvalue weighted by Gasteiger charge is -2.08. The van der Waals surface area contributed by atoms with E-state index in [1.54, 1.807) is 24.3 Å². The average molecular weight is 299 g/mol. The smallest absolute Gasteiger partial charge is 0.239 e. The van der Waals surface area contributed by atoms with E-state index in [1.807, 2.05) is 0 Å². The molecule has 1 rings (SSSR count). The summed E-state index contributed by atoms with van der Waals surface area (Å²) < 4.78 is 24.6. The quantitative estimate of drug-likeness (QED) is 0.712. The molecular formula is C12H17N3O4S. The first-order valence-electron chi connectivity index (χ1n) is 5.97. The normalized spacial score (nSPS) is 10.9. The first kappa shape index (κ1) is 16.1. The van der Waals surface area contributed by atoms with Crippen LogP contribution in [0.1, 0.15) is 13.8 Å². The van der Waals surface area contributed by atoms with Gasteiger partial charge in [-0.15, -0.1) is 0 Å². The second-order valence-electron chi connectivity index (χ2n) is 4.03. The maximum absolute atomic E-state index is 11.6. The van der Waals surface area contributed by atoms with Gasteiger partial charge in [0.05, 0.1) is 12.3 Å². The van der Waals surface area contributed by atoms with Crippen LogP contribution < -0.4 is 15.4 Å². The van der Waals surface area contributed by atoms with Crippen molar-refractivity contribution in [2.24, 2.45) is 0 Å². The molecule has 0 unspecified atom stereocenters. The zero-order chi connectivity index (χ0) is 15.2. The summed E-state index contributed by atoms with van der Waals surface area (Å²) in [4.78, 5) is 22.5. The SMILES string of the molecule is CCS(=O)(=O)NCC(=O)Nc1cccc(NC(C)=O)c1. The molecule has 1 aromatic carbocycles. The highest BCUT2D eigenvalue weighted by Gasteiger charge is 2.09. The first-order valence-corrected chi connectivity index (χ1v) is 7.62. The van der Waals surface area contributed by atoms with E-state index < -0.39 is 15.9 Å². The molecule has 0 heterocycles. The van der Waals surface area contributed by atoms with E-state index in [-0.39, 0.29) is 18.2 Å². The number of nitrogens with one attached hydrogen (secondary N) is 3. The number of benzene rings is 1. The minimum Gasteiger partial charge on any atom is -0.326 e. The van der Waals surface area contributed by atoms with Gasteiger partial charge in [0.1, 0.15) is 0 Å². The molecule has 3 N–H and O–H groups in total. The van der Waals surface area contributed by atoms with E-state index in [2.05, 4.69) is 15.4 Å². The summed E-state index contributed by atoms with van der Waals surface area (Å²) in [6, 6.07) is 6.55. The van der Waals surface area contributed by atoms with Crippen molar-refractivity contribution in [1.82, 2.24) is 4.72 Å². The predicted octanol–water partition coefficient (Wildman–Crippen LogP) is 0.523. The summed E-state index contributed by atoms with van der Waals surface area (Å²) in [6.07, 6.45) is 0. The zero-order valence-corrected chi connectivity index (χ0v) is 12.1. The third-order valence-electron chi connectivity index (χ3n) is 2.30. The fourth-order valence-corrected chi connectivity index (χ4v) is 1.92. The van der Waals surface area contributed by atoms with E-state index in [0.717, 1.165) is 0 Å². The summed E-state index contributed by atoms with van der Waals surface area (Å²) in [5.74, 6) is -0.788. The molecule has 0 aliphatic carbocycles. The van der Waals surface area contributed by atoms with Crippen LogP contribution in [0.2, 0.25) is 0 Å². The molecule has 0 saturated carbocycles. The number of amides is 2. The maximum atomic E-state index is 11.6. The van der Waals surface area contributed by atoms with Gasteiger partial charge in [0.25, 0.3) is 0 Å². The summed E-state index contributed by atoms with van der Waals surface area (Å²) in [5, 5.41) is 5.12. The van der Waals surface area contributed by atoms with Gasteiger partial charge in [-0.05, 0) is 25.1 Å². The number of hydrogen-bond acceptors (Lipinski definition) is 4. The van der Waals surface area contributed by atoms with Gasteiger partial charge in [0, 0.05) is 18.3 Å². The summed E-state index contributed by atoms with van der Waals surface area (Å²) >= 11 is 0. The molecular weight excluding hydrogens is 282 g/mol. The van der Waals surface area contributed by atoms with E-state index in [0.29, 0.717) is 11.4 Å². The lowest BCUT2D eigenvalue weighted by Crippen LogP contribution is -2.33. The molecule has 0 atom stereocenters. The van der Waals surface area contributed by atoms with Crippen LogP contribution in [0.4, 0.5) is 11.4 Å². The second-order valence-corrected chi connectivity index (χ2v) is 6.13. The fourth-order valence-electron chi connectivity index (χ4n) is 1.36. The summed E-state index contributed by atoms with van der Waals surface area (Å²) in [5.41, 5.74) is 1.02. The molecule has 7 nitrogen and oxygen atoms in total. The van der Waals surface area contributed by atoms with Crippen LogP contribution in [-0.4, -0.2) is 32.5 Å². The van der Waals surface area contributed by atoms with Crippen LogP contribution in [0.25, 0.3) is 0 Å².